The van der Waals surface area contributed by atoms with Crippen LogP contribution in [0.5, 0.6) is 5.75 Å². The number of hydrogen-bond donors (Lipinski definition) is 1. The summed E-state index contributed by atoms with van der Waals surface area (Å²) in [7, 11) is 0. The Morgan fingerprint density at radius 2 is 2.23 bits per heavy atom. The lowest BCUT2D eigenvalue weighted by atomic mass is 10.1. The number of pyridine rings is 1. The largest absolute Gasteiger partial charge is 0.487 e. The van der Waals surface area contributed by atoms with Gasteiger partial charge in [0.2, 0.25) is 0 Å². The number of aliphatic imine (C=N–C) groups is 1. The van der Waals surface area contributed by atoms with E-state index in [1.165, 1.54) is 6.20 Å². The third-order valence-electron chi connectivity index (χ3n) is 3.66. The Bertz CT molecular complexity index is 533. The van der Waals surface area contributed by atoms with Crippen molar-refractivity contribution in [2.45, 2.75) is 39.3 Å². The Labute approximate surface area is 149 Å². The van der Waals surface area contributed by atoms with Crippen molar-refractivity contribution < 1.29 is 4.74 Å². The fourth-order valence-electron chi connectivity index (χ4n) is 2.73. The average Bonchev–Trinajstić information content (AvgIpc) is 2.93. The van der Waals surface area contributed by atoms with Crippen molar-refractivity contribution in [3.8, 4) is 5.75 Å². The number of hydrogen-bond acceptors (Lipinski definition) is 5. The first-order valence-corrected chi connectivity index (χ1v) is 7.54. The number of allylic oxidation sites excluding steroid dienone is 1. The summed E-state index contributed by atoms with van der Waals surface area (Å²) in [5.74, 6) is 1.88. The van der Waals surface area contributed by atoms with E-state index in [4.69, 9.17) is 10.5 Å². The van der Waals surface area contributed by atoms with Crippen molar-refractivity contribution in [3.63, 3.8) is 0 Å². The molecule has 0 radical (unpaired) electrons. The molecule has 0 aromatic carbocycles. The van der Waals surface area contributed by atoms with E-state index in [0.717, 1.165) is 36.7 Å². The minimum Gasteiger partial charge on any atom is -0.487 e. The molecule has 3 heterocycles. The van der Waals surface area contributed by atoms with E-state index >= 15 is 0 Å². The maximum atomic E-state index is 5.85. The van der Waals surface area contributed by atoms with Crippen LogP contribution < -0.4 is 15.4 Å². The number of halogens is 1. The molecule has 1 aromatic rings. The van der Waals surface area contributed by atoms with Crippen LogP contribution in [-0.4, -0.2) is 36.4 Å². The van der Waals surface area contributed by atoms with E-state index in [2.05, 4.69) is 21.8 Å². The minimum absolute atomic E-state index is 0. The second-order valence-corrected chi connectivity index (χ2v) is 4.97. The number of ether oxygens (including phenoxy) is 1. The molecule has 2 aliphatic heterocycles. The third kappa shape index (κ3) is 3.91. The summed E-state index contributed by atoms with van der Waals surface area (Å²) < 4.78 is 5.85. The van der Waals surface area contributed by atoms with Crippen molar-refractivity contribution in [1.82, 2.24) is 4.98 Å². The van der Waals surface area contributed by atoms with E-state index in [-0.39, 0.29) is 30.0 Å². The fraction of sp³-hybridized carbons (Fsp3) is 0.500. The van der Waals surface area contributed by atoms with Gasteiger partial charge in [0.1, 0.15) is 6.61 Å². The first-order chi connectivity index (χ1) is 10.3. The van der Waals surface area contributed by atoms with Crippen molar-refractivity contribution in [2.24, 2.45) is 10.7 Å². The Balaban J connectivity index is 0.000000775. The Kier molecular flexibility index (Phi) is 7.64. The van der Waals surface area contributed by atoms with E-state index in [1.54, 1.807) is 12.3 Å². The van der Waals surface area contributed by atoms with Gasteiger partial charge in [0.25, 0.3) is 0 Å². The van der Waals surface area contributed by atoms with Crippen molar-refractivity contribution in [1.29, 1.82) is 0 Å². The van der Waals surface area contributed by atoms with Gasteiger partial charge in [-0.05, 0) is 37.3 Å². The van der Waals surface area contributed by atoms with Gasteiger partial charge in [-0.2, -0.15) is 0 Å². The highest BCUT2D eigenvalue weighted by Crippen LogP contribution is 2.38. The predicted molar refractivity (Wildman–Crippen MR) is 103 cm³/mol. The quantitative estimate of drug-likeness (QED) is 0.595. The van der Waals surface area contributed by atoms with Crippen molar-refractivity contribution in [3.05, 3.63) is 30.1 Å². The maximum Gasteiger partial charge on any atom is 0.172 e. The van der Waals surface area contributed by atoms with Crippen LogP contribution in [0.2, 0.25) is 0 Å². The summed E-state index contributed by atoms with van der Waals surface area (Å²) in [6.45, 7) is 7.67. The van der Waals surface area contributed by atoms with E-state index < -0.39 is 0 Å². The van der Waals surface area contributed by atoms with Gasteiger partial charge in [0, 0.05) is 19.0 Å². The van der Waals surface area contributed by atoms with Gasteiger partial charge in [0.15, 0.2) is 11.6 Å². The topological polar surface area (TPSA) is 63.7 Å². The molecule has 122 valence electrons. The zero-order valence-electron chi connectivity index (χ0n) is 13.4. The van der Waals surface area contributed by atoms with Crippen LogP contribution in [0, 0.1) is 6.92 Å². The second kappa shape index (κ2) is 8.97. The van der Waals surface area contributed by atoms with Crippen LogP contribution in [0.3, 0.4) is 0 Å². The molecule has 5 nitrogen and oxygen atoms in total. The summed E-state index contributed by atoms with van der Waals surface area (Å²) in [6.07, 6.45) is 7.87. The number of aromatic nitrogens is 1. The first kappa shape index (κ1) is 18.7. The van der Waals surface area contributed by atoms with E-state index in [1.807, 2.05) is 26.1 Å². The number of aryl methyl sites for hydroxylation is 1. The van der Waals surface area contributed by atoms with Gasteiger partial charge < -0.3 is 15.4 Å². The van der Waals surface area contributed by atoms with Crippen LogP contribution in [0.4, 0.5) is 5.82 Å². The lowest BCUT2D eigenvalue weighted by Crippen LogP contribution is -2.39. The van der Waals surface area contributed by atoms with Crippen LogP contribution in [0.25, 0.3) is 0 Å². The molecule has 0 bridgehead atoms. The van der Waals surface area contributed by atoms with Crippen LogP contribution in [-0.2, 0) is 0 Å². The molecular formula is C16H25IN4O. The average molecular weight is 416 g/mol. The van der Waals surface area contributed by atoms with E-state index in [0.29, 0.717) is 6.04 Å². The van der Waals surface area contributed by atoms with Crippen molar-refractivity contribution in [2.75, 3.05) is 18.1 Å². The highest BCUT2D eigenvalue weighted by Gasteiger charge is 2.37. The Morgan fingerprint density at radius 3 is 2.95 bits per heavy atom. The normalized spacial score (nSPS) is 22.4. The minimum atomic E-state index is 0. The van der Waals surface area contributed by atoms with E-state index in [9.17, 15) is 0 Å². The molecule has 2 atom stereocenters. The molecule has 0 aliphatic carbocycles. The molecule has 0 saturated carbocycles. The molecule has 2 N–H and O–H groups in total. The molecular weight excluding hydrogens is 391 g/mol. The van der Waals surface area contributed by atoms with Crippen molar-refractivity contribution >= 4 is 36.0 Å². The zero-order valence-corrected chi connectivity index (χ0v) is 15.7. The number of rotatable bonds is 2. The smallest absolute Gasteiger partial charge is 0.172 e. The number of nitrogens with zero attached hydrogens (tertiary/aromatic N) is 3. The zero-order chi connectivity index (χ0) is 15.2. The first-order valence-electron chi connectivity index (χ1n) is 7.54. The lowest BCUT2D eigenvalue weighted by Gasteiger charge is -2.32. The summed E-state index contributed by atoms with van der Waals surface area (Å²) >= 11 is 0. The van der Waals surface area contributed by atoms with Gasteiger partial charge in [-0.1, -0.05) is 13.8 Å². The molecule has 22 heavy (non-hydrogen) atoms. The fourth-order valence-corrected chi connectivity index (χ4v) is 2.73. The second-order valence-electron chi connectivity index (χ2n) is 4.97. The molecule has 0 amide bonds. The Hall–Kier alpha value is -1.31. The van der Waals surface area contributed by atoms with Gasteiger partial charge in [-0.25, -0.2) is 4.98 Å². The monoisotopic (exact) mass is 416 g/mol. The standard InChI is InChI=1S/C14H18N4O.C2H6.HI/c1-10-3-6-17-14-13(10)19-9-12-7-11(8-18(12)14)16-5-2-4-15;1-2;/h2-6,11-12H,7-9,15H2,1H3;1-2H3;1H/b4-2-,16-5?;;/t11-,12-;;/m0../s1. The highest BCUT2D eigenvalue weighted by atomic mass is 127. The summed E-state index contributed by atoms with van der Waals surface area (Å²) in [4.78, 5) is 11.3. The number of anilines is 1. The molecule has 0 unspecified atom stereocenters. The molecule has 2 aliphatic rings. The van der Waals surface area contributed by atoms with Gasteiger partial charge in [-0.15, -0.1) is 24.0 Å². The molecule has 1 fully saturated rings. The molecule has 6 heteroatoms. The summed E-state index contributed by atoms with van der Waals surface area (Å²) in [5, 5.41) is 0. The Morgan fingerprint density at radius 1 is 1.45 bits per heavy atom. The number of nitrogens with two attached hydrogens (primary N) is 1. The molecule has 3 rings (SSSR count). The predicted octanol–water partition coefficient (Wildman–Crippen LogP) is 2.92. The third-order valence-corrected chi connectivity index (χ3v) is 3.66. The van der Waals surface area contributed by atoms with Gasteiger partial charge >= 0.3 is 0 Å². The molecule has 1 saturated heterocycles. The highest BCUT2D eigenvalue weighted by molar-refractivity contribution is 14.0. The number of fused-ring (bicyclic) bond motifs is 3. The van der Waals surface area contributed by atoms with Gasteiger partial charge in [0.05, 0.1) is 12.1 Å². The molecule has 0 spiro atoms. The maximum absolute atomic E-state index is 5.85. The summed E-state index contributed by atoms with van der Waals surface area (Å²) in [6, 6.07) is 2.65. The van der Waals surface area contributed by atoms with Crippen LogP contribution in [0.1, 0.15) is 25.8 Å². The van der Waals surface area contributed by atoms with Crippen LogP contribution in [0.15, 0.2) is 29.5 Å². The SMILES string of the molecule is CC.Cc1ccnc2c1OC[C@@H]1C[C@H](N=C/C=C\N)CN21.I. The van der Waals surface area contributed by atoms with Crippen LogP contribution >= 0.6 is 24.0 Å². The van der Waals surface area contributed by atoms with Gasteiger partial charge in [-0.3, -0.25) is 4.99 Å². The lowest BCUT2D eigenvalue weighted by molar-refractivity contribution is 0.267. The summed E-state index contributed by atoms with van der Waals surface area (Å²) in [5.41, 5.74) is 6.44. The molecule has 1 aromatic heterocycles.